The van der Waals surface area contributed by atoms with Gasteiger partial charge in [0.25, 0.3) is 0 Å². The van der Waals surface area contributed by atoms with Crippen molar-refractivity contribution in [1.82, 2.24) is 5.32 Å². The van der Waals surface area contributed by atoms with Crippen LogP contribution in [-0.2, 0) is 5.41 Å². The summed E-state index contributed by atoms with van der Waals surface area (Å²) >= 11 is 0. The first kappa shape index (κ1) is 23.4. The third-order valence-electron chi connectivity index (χ3n) is 7.41. The van der Waals surface area contributed by atoms with Gasteiger partial charge in [-0.2, -0.15) is 0 Å². The predicted molar refractivity (Wildman–Crippen MR) is 138 cm³/mol. The van der Waals surface area contributed by atoms with Crippen molar-refractivity contribution in [2.45, 2.75) is 44.7 Å². The number of aromatic carboxylic acids is 1. The molecule has 0 bridgehead atoms. The average molecular weight is 474 g/mol. The Morgan fingerprint density at radius 3 is 2.60 bits per heavy atom. The van der Waals surface area contributed by atoms with Crippen molar-refractivity contribution in [1.29, 1.82) is 0 Å². The van der Waals surface area contributed by atoms with E-state index in [-0.39, 0.29) is 23.1 Å². The van der Waals surface area contributed by atoms with E-state index in [1.807, 2.05) is 0 Å². The lowest BCUT2D eigenvalue weighted by Gasteiger charge is -2.41. The number of halogens is 1. The van der Waals surface area contributed by atoms with Crippen molar-refractivity contribution in [2.75, 3.05) is 29.9 Å². The van der Waals surface area contributed by atoms with Gasteiger partial charge in [0.1, 0.15) is 5.82 Å². The van der Waals surface area contributed by atoms with Gasteiger partial charge in [0.2, 0.25) is 0 Å². The molecule has 0 aromatic heterocycles. The van der Waals surface area contributed by atoms with E-state index in [1.165, 1.54) is 17.2 Å². The Balaban J connectivity index is 1.49. The summed E-state index contributed by atoms with van der Waals surface area (Å²) < 4.78 is 14.2. The summed E-state index contributed by atoms with van der Waals surface area (Å²) in [5.74, 6) is -1.64. The first-order chi connectivity index (χ1) is 16.7. The van der Waals surface area contributed by atoms with E-state index in [0.717, 1.165) is 43.4 Å². The molecule has 182 valence electrons. The van der Waals surface area contributed by atoms with Gasteiger partial charge < -0.3 is 20.6 Å². The van der Waals surface area contributed by atoms with Crippen molar-refractivity contribution < 1.29 is 14.3 Å². The van der Waals surface area contributed by atoms with Gasteiger partial charge in [-0.1, -0.05) is 55.8 Å². The number of hydrogen-bond acceptors (Lipinski definition) is 4. The molecule has 1 saturated heterocycles. The fraction of sp³-hybridized carbons (Fsp3) is 0.345. The molecule has 2 atom stereocenters. The minimum Gasteiger partial charge on any atom is -0.478 e. The number of nitrogens with zero attached hydrogens (tertiary/aromatic N) is 1. The second kappa shape index (κ2) is 9.00. The third-order valence-corrected chi connectivity index (χ3v) is 7.41. The van der Waals surface area contributed by atoms with Crippen molar-refractivity contribution in [3.05, 3.63) is 94.3 Å². The van der Waals surface area contributed by atoms with Crippen LogP contribution in [0, 0.1) is 12.7 Å². The van der Waals surface area contributed by atoms with Crippen LogP contribution in [0.15, 0.2) is 60.7 Å². The lowest BCUT2D eigenvalue weighted by Crippen LogP contribution is -2.46. The lowest BCUT2D eigenvalue weighted by atomic mass is 9.73. The van der Waals surface area contributed by atoms with E-state index < -0.39 is 11.8 Å². The number of anilines is 2. The summed E-state index contributed by atoms with van der Waals surface area (Å²) in [7, 11) is 0. The van der Waals surface area contributed by atoms with E-state index in [1.54, 1.807) is 0 Å². The normalized spacial score (nSPS) is 21.2. The van der Waals surface area contributed by atoms with Crippen LogP contribution in [0.3, 0.4) is 0 Å². The van der Waals surface area contributed by atoms with Crippen LogP contribution in [0.2, 0.25) is 0 Å². The predicted octanol–water partition coefficient (Wildman–Crippen LogP) is 5.82. The summed E-state index contributed by atoms with van der Waals surface area (Å²) in [5.41, 5.74) is 5.61. The number of piperazine rings is 1. The van der Waals surface area contributed by atoms with Crippen LogP contribution in [-0.4, -0.2) is 30.7 Å². The smallest absolute Gasteiger partial charge is 0.337 e. The maximum atomic E-state index is 14.2. The molecule has 3 aromatic rings. The van der Waals surface area contributed by atoms with Gasteiger partial charge >= 0.3 is 5.97 Å². The molecular weight excluding hydrogens is 441 g/mol. The van der Waals surface area contributed by atoms with Crippen LogP contribution in [0.5, 0.6) is 0 Å². The Hall–Kier alpha value is -3.38. The largest absolute Gasteiger partial charge is 0.478 e. The number of carboxylic acids is 1. The van der Waals surface area contributed by atoms with E-state index in [0.29, 0.717) is 11.3 Å². The Labute approximate surface area is 206 Å². The molecule has 0 saturated carbocycles. The van der Waals surface area contributed by atoms with Gasteiger partial charge in [0.05, 0.1) is 23.3 Å². The van der Waals surface area contributed by atoms with E-state index in [9.17, 15) is 14.3 Å². The first-order valence-electron chi connectivity index (χ1n) is 12.2. The van der Waals surface area contributed by atoms with Gasteiger partial charge in [-0.05, 0) is 59.7 Å². The van der Waals surface area contributed by atoms with Crippen LogP contribution < -0.4 is 15.5 Å². The summed E-state index contributed by atoms with van der Waals surface area (Å²) in [6.07, 6.45) is 0.731. The fourth-order valence-corrected chi connectivity index (χ4v) is 5.53. The monoisotopic (exact) mass is 473 g/mol. The first-order valence-corrected chi connectivity index (χ1v) is 12.2. The summed E-state index contributed by atoms with van der Waals surface area (Å²) in [5, 5.41) is 16.7. The summed E-state index contributed by atoms with van der Waals surface area (Å²) in [6.45, 7) is 8.91. The molecule has 1 fully saturated rings. The molecule has 0 radical (unpaired) electrons. The highest BCUT2D eigenvalue weighted by molar-refractivity contribution is 5.95. The minimum atomic E-state index is -1.12. The van der Waals surface area contributed by atoms with Crippen LogP contribution in [0.25, 0.3) is 0 Å². The molecule has 5 rings (SSSR count). The Morgan fingerprint density at radius 1 is 1.09 bits per heavy atom. The molecule has 0 aliphatic carbocycles. The van der Waals surface area contributed by atoms with Gasteiger partial charge in [-0.15, -0.1) is 0 Å². The zero-order chi connectivity index (χ0) is 24.7. The maximum absolute atomic E-state index is 14.2. The highest BCUT2D eigenvalue weighted by atomic mass is 19.1. The molecule has 5 nitrogen and oxygen atoms in total. The topological polar surface area (TPSA) is 64.6 Å². The Morgan fingerprint density at radius 2 is 1.86 bits per heavy atom. The number of rotatable bonds is 4. The molecule has 0 spiro atoms. The molecule has 6 heteroatoms. The molecule has 3 N–H and O–H groups in total. The zero-order valence-electron chi connectivity index (χ0n) is 20.4. The Kier molecular flexibility index (Phi) is 6.01. The van der Waals surface area contributed by atoms with E-state index in [4.69, 9.17) is 0 Å². The standard InChI is InChI=1S/C29H32FN3O2/c1-18-7-9-19(10-8-18)26-17-31-11-12-33(26)22-6-4-5-20(13-22)25-16-29(2,3)24-15-21(30)14-23(28(34)35)27(24)32-25/h4-10,13-15,25-26,31-32H,11-12,16-17H2,1-3H3,(H,34,35). The van der Waals surface area contributed by atoms with Crippen LogP contribution in [0.4, 0.5) is 15.8 Å². The van der Waals surface area contributed by atoms with Gasteiger partial charge in [-0.3, -0.25) is 0 Å². The van der Waals surface area contributed by atoms with E-state index >= 15 is 0 Å². The second-order valence-corrected chi connectivity index (χ2v) is 10.4. The van der Waals surface area contributed by atoms with Crippen molar-refractivity contribution in [3.63, 3.8) is 0 Å². The zero-order valence-corrected chi connectivity index (χ0v) is 20.4. The minimum absolute atomic E-state index is 0.0181. The van der Waals surface area contributed by atoms with Gasteiger partial charge in [-0.25, -0.2) is 9.18 Å². The number of fused-ring (bicyclic) bond motifs is 1. The average Bonchev–Trinajstić information content (AvgIpc) is 2.84. The molecule has 0 amide bonds. The fourth-order valence-electron chi connectivity index (χ4n) is 5.53. The number of hydrogen-bond donors (Lipinski definition) is 3. The lowest BCUT2D eigenvalue weighted by molar-refractivity contribution is 0.0697. The van der Waals surface area contributed by atoms with Gasteiger partial charge in [0, 0.05) is 25.3 Å². The van der Waals surface area contributed by atoms with Crippen molar-refractivity contribution >= 4 is 17.3 Å². The quantitative estimate of drug-likeness (QED) is 0.446. The molecule has 2 unspecified atom stereocenters. The van der Waals surface area contributed by atoms with Crippen LogP contribution in [0.1, 0.15) is 65.0 Å². The SMILES string of the molecule is Cc1ccc(C2CNCCN2c2cccc(C3CC(C)(C)c4cc(F)cc(C(=O)O)c4N3)c2)cc1. The Bertz CT molecular complexity index is 1260. The maximum Gasteiger partial charge on any atom is 0.337 e. The number of carbonyl (C=O) groups is 1. The highest BCUT2D eigenvalue weighted by Crippen LogP contribution is 2.46. The number of aryl methyl sites for hydroxylation is 1. The molecule has 2 aliphatic rings. The number of nitrogens with one attached hydrogen (secondary N) is 2. The van der Waals surface area contributed by atoms with Gasteiger partial charge in [0.15, 0.2) is 0 Å². The molecule has 35 heavy (non-hydrogen) atoms. The summed E-state index contributed by atoms with van der Waals surface area (Å²) in [6, 6.07) is 20.0. The molecular formula is C29H32FN3O2. The number of carboxylic acid groups (broad SMARTS) is 1. The second-order valence-electron chi connectivity index (χ2n) is 10.4. The van der Waals surface area contributed by atoms with Crippen molar-refractivity contribution in [3.8, 4) is 0 Å². The third kappa shape index (κ3) is 4.50. The van der Waals surface area contributed by atoms with Crippen molar-refractivity contribution in [2.24, 2.45) is 0 Å². The molecule has 3 aromatic carbocycles. The number of benzene rings is 3. The molecule has 2 aliphatic heterocycles. The van der Waals surface area contributed by atoms with E-state index in [2.05, 4.69) is 84.8 Å². The van der Waals surface area contributed by atoms with Crippen LogP contribution >= 0.6 is 0 Å². The highest BCUT2D eigenvalue weighted by Gasteiger charge is 2.36. The molecule has 2 heterocycles. The summed E-state index contributed by atoms with van der Waals surface area (Å²) in [4.78, 5) is 14.4.